The van der Waals surface area contributed by atoms with E-state index in [1.54, 1.807) is 24.3 Å². The fourth-order valence-corrected chi connectivity index (χ4v) is 2.39. The molecular formula is C20H29ClO4. The molecule has 25 heavy (non-hydrogen) atoms. The highest BCUT2D eigenvalue weighted by Gasteiger charge is 2.06. The van der Waals surface area contributed by atoms with E-state index in [2.05, 4.69) is 0 Å². The zero-order valence-corrected chi connectivity index (χ0v) is 16.0. The van der Waals surface area contributed by atoms with Crippen molar-refractivity contribution < 1.29 is 19.1 Å². The maximum absolute atomic E-state index is 11.7. The Morgan fingerprint density at radius 3 is 1.96 bits per heavy atom. The number of carbonyl (C=O) groups is 2. The van der Waals surface area contributed by atoms with Crippen LogP contribution in [0.3, 0.4) is 0 Å². The van der Waals surface area contributed by atoms with Gasteiger partial charge in [0.05, 0.1) is 6.61 Å². The Balaban J connectivity index is 1.95. The molecule has 0 amide bonds. The molecule has 0 spiro atoms. The summed E-state index contributed by atoms with van der Waals surface area (Å²) in [5.41, 5.74) is 0. The number of unbranched alkanes of at least 4 members (excludes halogenated alkanes) is 5. The fraction of sp³-hybridized carbons (Fsp3) is 0.600. The summed E-state index contributed by atoms with van der Waals surface area (Å²) in [6, 6.07) is 6.77. The molecule has 0 radical (unpaired) electrons. The highest BCUT2D eigenvalue weighted by atomic mass is 35.5. The van der Waals surface area contributed by atoms with Crippen LogP contribution in [-0.2, 0) is 14.3 Å². The lowest BCUT2D eigenvalue weighted by Crippen LogP contribution is -2.09. The summed E-state index contributed by atoms with van der Waals surface area (Å²) in [5, 5.41) is 0.619. The van der Waals surface area contributed by atoms with Gasteiger partial charge in [-0.2, -0.15) is 0 Å². The molecule has 0 aliphatic rings. The molecule has 0 aromatic heterocycles. The molecule has 0 bridgehead atoms. The van der Waals surface area contributed by atoms with E-state index in [0.29, 0.717) is 36.1 Å². The van der Waals surface area contributed by atoms with Crippen molar-refractivity contribution in [2.24, 2.45) is 5.92 Å². The van der Waals surface area contributed by atoms with E-state index in [1.807, 2.05) is 13.8 Å². The Labute approximate surface area is 155 Å². The molecule has 5 heteroatoms. The van der Waals surface area contributed by atoms with Crippen molar-refractivity contribution in [1.82, 2.24) is 0 Å². The van der Waals surface area contributed by atoms with E-state index in [9.17, 15) is 9.59 Å². The van der Waals surface area contributed by atoms with Gasteiger partial charge in [0.25, 0.3) is 0 Å². The van der Waals surface area contributed by atoms with Crippen molar-refractivity contribution in [2.75, 3.05) is 6.61 Å². The second-order valence-corrected chi connectivity index (χ2v) is 7.06. The van der Waals surface area contributed by atoms with Crippen LogP contribution in [0.25, 0.3) is 0 Å². The quantitative estimate of drug-likeness (QED) is 0.275. The maximum atomic E-state index is 11.7. The van der Waals surface area contributed by atoms with Gasteiger partial charge < -0.3 is 9.47 Å². The molecule has 0 N–H and O–H groups in total. The Kier molecular flexibility index (Phi) is 11.0. The lowest BCUT2D eigenvalue weighted by Gasteiger charge is -2.07. The van der Waals surface area contributed by atoms with Crippen molar-refractivity contribution in [2.45, 2.75) is 65.2 Å². The Hall–Kier alpha value is -1.55. The first-order chi connectivity index (χ1) is 12.0. The number of carbonyl (C=O) groups excluding carboxylic acids is 2. The highest BCUT2D eigenvalue weighted by molar-refractivity contribution is 6.30. The molecule has 0 atom stereocenters. The normalized spacial score (nSPS) is 10.7. The minimum atomic E-state index is -0.213. The number of rotatable bonds is 12. The molecule has 0 saturated heterocycles. The SMILES string of the molecule is CC(C)COC(=O)CCCCCCCCC(=O)Oc1ccc(Cl)cc1. The largest absolute Gasteiger partial charge is 0.465 e. The second-order valence-electron chi connectivity index (χ2n) is 6.63. The van der Waals surface area contributed by atoms with E-state index in [-0.39, 0.29) is 11.9 Å². The van der Waals surface area contributed by atoms with Gasteiger partial charge in [-0.15, -0.1) is 0 Å². The van der Waals surface area contributed by atoms with Gasteiger partial charge in [-0.1, -0.05) is 51.1 Å². The molecule has 1 rings (SSSR count). The molecule has 0 aliphatic heterocycles. The molecule has 1 aromatic rings. The van der Waals surface area contributed by atoms with E-state index in [0.717, 1.165) is 38.5 Å². The van der Waals surface area contributed by atoms with Crippen LogP contribution >= 0.6 is 11.6 Å². The van der Waals surface area contributed by atoms with Crippen molar-refractivity contribution in [1.29, 1.82) is 0 Å². The number of halogens is 1. The standard InChI is InChI=1S/C20H29ClO4/c1-16(2)15-24-19(22)9-7-5-3-4-6-8-10-20(23)25-18-13-11-17(21)12-14-18/h11-14,16H,3-10,15H2,1-2H3. The third-order valence-electron chi connectivity index (χ3n) is 3.63. The van der Waals surface area contributed by atoms with E-state index < -0.39 is 0 Å². The number of benzene rings is 1. The van der Waals surface area contributed by atoms with Gasteiger partial charge in [0.2, 0.25) is 0 Å². The molecule has 140 valence electrons. The summed E-state index contributed by atoms with van der Waals surface area (Å²) >= 11 is 5.78. The van der Waals surface area contributed by atoms with Crippen LogP contribution in [0.1, 0.15) is 65.2 Å². The summed E-state index contributed by atoms with van der Waals surface area (Å²) in [5.74, 6) is 0.600. The van der Waals surface area contributed by atoms with Gasteiger partial charge in [0.1, 0.15) is 5.75 Å². The van der Waals surface area contributed by atoms with Crippen LogP contribution in [0.5, 0.6) is 5.75 Å². The topological polar surface area (TPSA) is 52.6 Å². The van der Waals surface area contributed by atoms with Crippen LogP contribution in [0.15, 0.2) is 24.3 Å². The molecule has 0 unspecified atom stereocenters. The minimum Gasteiger partial charge on any atom is -0.465 e. The molecule has 0 heterocycles. The number of hydrogen-bond acceptors (Lipinski definition) is 4. The van der Waals surface area contributed by atoms with Gasteiger partial charge in [-0.25, -0.2) is 0 Å². The van der Waals surface area contributed by atoms with Crippen LogP contribution in [0.4, 0.5) is 0 Å². The van der Waals surface area contributed by atoms with Gasteiger partial charge in [0, 0.05) is 17.9 Å². The first-order valence-electron chi connectivity index (χ1n) is 9.09. The first-order valence-corrected chi connectivity index (χ1v) is 9.47. The van der Waals surface area contributed by atoms with Gasteiger partial charge in [0.15, 0.2) is 0 Å². The molecular weight excluding hydrogens is 340 g/mol. The zero-order chi connectivity index (χ0) is 18.5. The monoisotopic (exact) mass is 368 g/mol. The van der Waals surface area contributed by atoms with Crippen LogP contribution in [-0.4, -0.2) is 18.5 Å². The van der Waals surface area contributed by atoms with Crippen molar-refractivity contribution in [3.63, 3.8) is 0 Å². The van der Waals surface area contributed by atoms with Gasteiger partial charge in [-0.3, -0.25) is 9.59 Å². The zero-order valence-electron chi connectivity index (χ0n) is 15.3. The van der Waals surface area contributed by atoms with Crippen LogP contribution < -0.4 is 4.74 Å². The molecule has 0 fully saturated rings. The van der Waals surface area contributed by atoms with Crippen LogP contribution in [0.2, 0.25) is 5.02 Å². The number of ether oxygens (including phenoxy) is 2. The number of esters is 2. The van der Waals surface area contributed by atoms with E-state index in [1.165, 1.54) is 0 Å². The smallest absolute Gasteiger partial charge is 0.311 e. The second kappa shape index (κ2) is 12.8. The van der Waals surface area contributed by atoms with Gasteiger partial charge in [-0.05, 0) is 43.0 Å². The lowest BCUT2D eigenvalue weighted by atomic mass is 10.1. The van der Waals surface area contributed by atoms with Crippen molar-refractivity contribution in [3.05, 3.63) is 29.3 Å². The van der Waals surface area contributed by atoms with E-state index in [4.69, 9.17) is 21.1 Å². The summed E-state index contributed by atoms with van der Waals surface area (Å²) in [7, 11) is 0. The summed E-state index contributed by atoms with van der Waals surface area (Å²) in [4.78, 5) is 23.2. The Morgan fingerprint density at radius 2 is 1.40 bits per heavy atom. The predicted octanol–water partition coefficient (Wildman–Crippen LogP) is 5.57. The summed E-state index contributed by atoms with van der Waals surface area (Å²) in [6.07, 6.45) is 6.77. The number of hydrogen-bond donors (Lipinski definition) is 0. The third kappa shape index (κ3) is 11.6. The average Bonchev–Trinajstić information content (AvgIpc) is 2.57. The molecule has 0 aliphatic carbocycles. The third-order valence-corrected chi connectivity index (χ3v) is 3.89. The Morgan fingerprint density at radius 1 is 0.880 bits per heavy atom. The van der Waals surface area contributed by atoms with Gasteiger partial charge >= 0.3 is 11.9 Å². The molecule has 0 saturated carbocycles. The summed E-state index contributed by atoms with van der Waals surface area (Å²) < 4.78 is 10.4. The van der Waals surface area contributed by atoms with E-state index >= 15 is 0 Å². The predicted molar refractivity (Wildman–Crippen MR) is 99.8 cm³/mol. The lowest BCUT2D eigenvalue weighted by molar-refractivity contribution is -0.144. The van der Waals surface area contributed by atoms with Crippen LogP contribution in [0, 0.1) is 5.92 Å². The minimum absolute atomic E-state index is 0.0985. The summed E-state index contributed by atoms with van der Waals surface area (Å²) in [6.45, 7) is 4.56. The van der Waals surface area contributed by atoms with Crippen molar-refractivity contribution in [3.8, 4) is 5.75 Å². The molecule has 1 aromatic carbocycles. The maximum Gasteiger partial charge on any atom is 0.311 e. The highest BCUT2D eigenvalue weighted by Crippen LogP contribution is 2.16. The Bertz CT molecular complexity index is 511. The molecule has 4 nitrogen and oxygen atoms in total. The first kappa shape index (κ1) is 21.5. The van der Waals surface area contributed by atoms with Crippen molar-refractivity contribution >= 4 is 23.5 Å². The average molecular weight is 369 g/mol. The fourth-order valence-electron chi connectivity index (χ4n) is 2.26.